The maximum atomic E-state index is 13.7. The van der Waals surface area contributed by atoms with Crippen LogP contribution in [0.1, 0.15) is 0 Å². The Kier molecular flexibility index (Phi) is 3.12. The van der Waals surface area contributed by atoms with Crippen molar-refractivity contribution in [2.45, 2.75) is 0 Å². The summed E-state index contributed by atoms with van der Waals surface area (Å²) in [7, 11) is 0. The molecule has 0 aliphatic carbocycles. The van der Waals surface area contributed by atoms with E-state index in [0.717, 1.165) is 0 Å². The Morgan fingerprint density at radius 3 is 2.65 bits per heavy atom. The monoisotopic (exact) mass is 289 g/mol. The first-order valence-electron chi connectivity index (χ1n) is 5.80. The van der Waals surface area contributed by atoms with Crippen molar-refractivity contribution in [3.63, 3.8) is 0 Å². The minimum atomic E-state index is -0.424. The second-order valence-electron chi connectivity index (χ2n) is 4.11. The minimum absolute atomic E-state index is 0.150. The predicted molar refractivity (Wildman–Crippen MR) is 74.6 cm³/mol. The SMILES string of the molecule is Nc1cccc(Cl)c1-c1nc(-c2ccccc2F)no1. The number of hydrogen-bond acceptors (Lipinski definition) is 4. The Morgan fingerprint density at radius 1 is 1.10 bits per heavy atom. The zero-order valence-electron chi connectivity index (χ0n) is 10.2. The molecule has 100 valence electrons. The van der Waals surface area contributed by atoms with E-state index in [4.69, 9.17) is 21.9 Å². The summed E-state index contributed by atoms with van der Waals surface area (Å²) in [6.07, 6.45) is 0. The molecule has 20 heavy (non-hydrogen) atoms. The van der Waals surface area contributed by atoms with Gasteiger partial charge in [0.2, 0.25) is 5.82 Å². The van der Waals surface area contributed by atoms with Gasteiger partial charge in [-0.25, -0.2) is 4.39 Å². The molecule has 4 nitrogen and oxygen atoms in total. The van der Waals surface area contributed by atoms with Gasteiger partial charge in [0.15, 0.2) is 0 Å². The fraction of sp³-hybridized carbons (Fsp3) is 0. The first-order valence-corrected chi connectivity index (χ1v) is 6.17. The third-order valence-corrected chi connectivity index (χ3v) is 3.12. The number of nitrogens with zero attached hydrogens (tertiary/aromatic N) is 2. The standard InChI is InChI=1S/C14H9ClFN3O/c15-9-5-3-7-11(17)12(9)14-18-13(19-20-14)8-4-1-2-6-10(8)16/h1-7H,17H2. The molecule has 1 heterocycles. The molecule has 2 N–H and O–H groups in total. The third kappa shape index (κ3) is 2.12. The van der Waals surface area contributed by atoms with Crippen LogP contribution in [0.4, 0.5) is 10.1 Å². The molecule has 0 bridgehead atoms. The highest BCUT2D eigenvalue weighted by Gasteiger charge is 2.17. The van der Waals surface area contributed by atoms with Gasteiger partial charge >= 0.3 is 0 Å². The minimum Gasteiger partial charge on any atom is -0.398 e. The third-order valence-electron chi connectivity index (χ3n) is 2.80. The molecule has 0 atom stereocenters. The highest BCUT2D eigenvalue weighted by molar-refractivity contribution is 6.33. The van der Waals surface area contributed by atoms with E-state index >= 15 is 0 Å². The lowest BCUT2D eigenvalue weighted by molar-refractivity contribution is 0.432. The van der Waals surface area contributed by atoms with Gasteiger partial charge in [0.1, 0.15) is 5.82 Å². The fourth-order valence-corrected chi connectivity index (χ4v) is 2.11. The lowest BCUT2D eigenvalue weighted by Crippen LogP contribution is -1.91. The smallest absolute Gasteiger partial charge is 0.261 e. The summed E-state index contributed by atoms with van der Waals surface area (Å²) >= 11 is 6.07. The number of benzene rings is 2. The zero-order chi connectivity index (χ0) is 14.1. The molecule has 3 rings (SSSR count). The molecule has 0 fully saturated rings. The molecule has 6 heteroatoms. The number of anilines is 1. The topological polar surface area (TPSA) is 64.9 Å². The van der Waals surface area contributed by atoms with E-state index in [-0.39, 0.29) is 17.3 Å². The Labute approximate surface area is 119 Å². The number of nitrogens with two attached hydrogens (primary N) is 1. The largest absolute Gasteiger partial charge is 0.398 e. The Bertz CT molecular complexity index is 752. The van der Waals surface area contributed by atoms with Crippen LogP contribution in [-0.4, -0.2) is 10.1 Å². The first-order chi connectivity index (χ1) is 9.66. The average molecular weight is 290 g/mol. The summed E-state index contributed by atoms with van der Waals surface area (Å²) in [5, 5.41) is 4.16. The van der Waals surface area contributed by atoms with Crippen molar-refractivity contribution in [3.05, 3.63) is 53.3 Å². The van der Waals surface area contributed by atoms with Gasteiger partial charge in [0, 0.05) is 5.69 Å². The van der Waals surface area contributed by atoms with Crippen molar-refractivity contribution in [2.24, 2.45) is 0 Å². The van der Waals surface area contributed by atoms with Crippen molar-refractivity contribution >= 4 is 17.3 Å². The molecule has 2 aromatic carbocycles. The summed E-state index contributed by atoms with van der Waals surface area (Å²) in [6, 6.07) is 11.2. The maximum Gasteiger partial charge on any atom is 0.261 e. The van der Waals surface area contributed by atoms with E-state index in [1.807, 2.05) is 0 Å². The lowest BCUT2D eigenvalue weighted by atomic mass is 10.1. The van der Waals surface area contributed by atoms with E-state index in [1.165, 1.54) is 6.07 Å². The van der Waals surface area contributed by atoms with Crippen molar-refractivity contribution < 1.29 is 8.91 Å². The number of aromatic nitrogens is 2. The van der Waals surface area contributed by atoms with E-state index < -0.39 is 5.82 Å². The summed E-state index contributed by atoms with van der Waals surface area (Å²) in [5.74, 6) is -0.115. The number of halogens is 2. The molecule has 1 aromatic heterocycles. The summed E-state index contributed by atoms with van der Waals surface area (Å²) in [6.45, 7) is 0. The maximum absolute atomic E-state index is 13.7. The highest BCUT2D eigenvalue weighted by atomic mass is 35.5. The molecular formula is C14H9ClFN3O. The molecule has 0 spiro atoms. The average Bonchev–Trinajstić information content (AvgIpc) is 2.88. The molecule has 3 aromatic rings. The summed E-state index contributed by atoms with van der Waals surface area (Å²) in [5.41, 5.74) is 6.97. The van der Waals surface area contributed by atoms with E-state index in [1.54, 1.807) is 36.4 Å². The number of rotatable bonds is 2. The van der Waals surface area contributed by atoms with Crippen molar-refractivity contribution in [1.29, 1.82) is 0 Å². The highest BCUT2D eigenvalue weighted by Crippen LogP contribution is 2.33. The molecule has 0 radical (unpaired) electrons. The van der Waals surface area contributed by atoms with Crippen LogP contribution in [-0.2, 0) is 0 Å². The Balaban J connectivity index is 2.10. The van der Waals surface area contributed by atoms with Crippen LogP contribution in [0.2, 0.25) is 5.02 Å². The van der Waals surface area contributed by atoms with Gasteiger partial charge in [-0.1, -0.05) is 35.0 Å². The van der Waals surface area contributed by atoms with Crippen LogP contribution in [0.15, 0.2) is 47.0 Å². The molecular weight excluding hydrogens is 281 g/mol. The van der Waals surface area contributed by atoms with Gasteiger partial charge in [0.25, 0.3) is 5.89 Å². The van der Waals surface area contributed by atoms with Crippen LogP contribution in [0.25, 0.3) is 22.8 Å². The molecule has 0 aliphatic heterocycles. The van der Waals surface area contributed by atoms with E-state index in [9.17, 15) is 4.39 Å². The first kappa shape index (κ1) is 12.6. The lowest BCUT2D eigenvalue weighted by Gasteiger charge is -2.01. The van der Waals surface area contributed by atoms with Crippen LogP contribution in [0.5, 0.6) is 0 Å². The molecule has 0 saturated heterocycles. The van der Waals surface area contributed by atoms with Gasteiger partial charge in [-0.3, -0.25) is 0 Å². The predicted octanol–water partition coefficient (Wildman–Crippen LogP) is 3.78. The number of hydrogen-bond donors (Lipinski definition) is 1. The van der Waals surface area contributed by atoms with E-state index in [0.29, 0.717) is 16.3 Å². The zero-order valence-corrected chi connectivity index (χ0v) is 10.9. The van der Waals surface area contributed by atoms with Crippen LogP contribution >= 0.6 is 11.6 Å². The van der Waals surface area contributed by atoms with E-state index in [2.05, 4.69) is 10.1 Å². The van der Waals surface area contributed by atoms with Gasteiger partial charge in [-0.15, -0.1) is 0 Å². The fourth-order valence-electron chi connectivity index (χ4n) is 1.84. The van der Waals surface area contributed by atoms with Crippen molar-refractivity contribution in [1.82, 2.24) is 10.1 Å². The van der Waals surface area contributed by atoms with Gasteiger partial charge < -0.3 is 10.3 Å². The summed E-state index contributed by atoms with van der Waals surface area (Å²) < 4.78 is 18.8. The van der Waals surface area contributed by atoms with Crippen molar-refractivity contribution in [2.75, 3.05) is 5.73 Å². The Hall–Kier alpha value is -2.40. The van der Waals surface area contributed by atoms with Crippen LogP contribution in [0, 0.1) is 5.82 Å². The molecule has 0 aliphatic rings. The van der Waals surface area contributed by atoms with Crippen molar-refractivity contribution in [3.8, 4) is 22.8 Å². The number of nitrogen functional groups attached to an aromatic ring is 1. The van der Waals surface area contributed by atoms with Crippen LogP contribution in [0.3, 0.4) is 0 Å². The van der Waals surface area contributed by atoms with Crippen LogP contribution < -0.4 is 5.73 Å². The summed E-state index contributed by atoms with van der Waals surface area (Å²) in [4.78, 5) is 4.15. The van der Waals surface area contributed by atoms with Gasteiger partial charge in [0.05, 0.1) is 16.1 Å². The second kappa shape index (κ2) is 4.94. The Morgan fingerprint density at radius 2 is 1.90 bits per heavy atom. The quantitative estimate of drug-likeness (QED) is 0.729. The second-order valence-corrected chi connectivity index (χ2v) is 4.51. The molecule has 0 amide bonds. The normalized spacial score (nSPS) is 10.7. The molecule has 0 saturated carbocycles. The molecule has 0 unspecified atom stereocenters. The van der Waals surface area contributed by atoms with Gasteiger partial charge in [-0.2, -0.15) is 4.98 Å². The van der Waals surface area contributed by atoms with Gasteiger partial charge in [-0.05, 0) is 24.3 Å².